The number of benzene rings is 1. The monoisotopic (exact) mass is 178 g/mol. The first-order valence-corrected chi connectivity index (χ1v) is 3.83. The second-order valence-corrected chi connectivity index (χ2v) is 2.58. The molecular formula is C10H10O3. The fourth-order valence-electron chi connectivity index (χ4n) is 0.840. The van der Waals surface area contributed by atoms with Crippen molar-refractivity contribution in [2.24, 2.45) is 0 Å². The minimum Gasteiger partial charge on any atom is -0.508 e. The van der Waals surface area contributed by atoms with Crippen molar-refractivity contribution < 1.29 is 15.0 Å². The molecule has 0 bridgehead atoms. The Morgan fingerprint density at radius 1 is 1.23 bits per heavy atom. The number of phenols is 1. The Labute approximate surface area is 76.0 Å². The molecule has 1 atom stereocenters. The fraction of sp³-hybridized carbons (Fsp3) is 0.100. The summed E-state index contributed by atoms with van der Waals surface area (Å²) in [5.41, 5.74) is 0.818. The van der Waals surface area contributed by atoms with Gasteiger partial charge in [-0.2, -0.15) is 0 Å². The molecule has 0 aliphatic rings. The molecule has 0 saturated carbocycles. The van der Waals surface area contributed by atoms with Gasteiger partial charge in [-0.25, -0.2) is 0 Å². The molecule has 1 rings (SSSR count). The molecule has 0 saturated heterocycles. The van der Waals surface area contributed by atoms with E-state index in [0.717, 1.165) is 5.56 Å². The zero-order valence-corrected chi connectivity index (χ0v) is 6.92. The van der Waals surface area contributed by atoms with Crippen LogP contribution in [0, 0.1) is 0 Å². The van der Waals surface area contributed by atoms with Gasteiger partial charge >= 0.3 is 0 Å². The maximum Gasteiger partial charge on any atom is 0.152 e. The largest absolute Gasteiger partial charge is 0.508 e. The van der Waals surface area contributed by atoms with E-state index < -0.39 is 6.10 Å². The third-order valence-electron chi connectivity index (χ3n) is 1.52. The lowest BCUT2D eigenvalue weighted by molar-refractivity contribution is -0.112. The lowest BCUT2D eigenvalue weighted by Crippen LogP contribution is -2.01. The molecule has 3 nitrogen and oxygen atoms in total. The number of aliphatic hydroxyl groups excluding tert-OH is 1. The number of aromatic hydroxyl groups is 1. The van der Waals surface area contributed by atoms with Gasteiger partial charge in [-0.3, -0.25) is 0 Å². The van der Waals surface area contributed by atoms with E-state index in [1.165, 1.54) is 18.2 Å². The summed E-state index contributed by atoms with van der Waals surface area (Å²) in [4.78, 5) is 10.0. The van der Waals surface area contributed by atoms with Crippen molar-refractivity contribution in [3.63, 3.8) is 0 Å². The van der Waals surface area contributed by atoms with E-state index in [9.17, 15) is 4.79 Å². The third kappa shape index (κ3) is 3.09. The van der Waals surface area contributed by atoms with Gasteiger partial charge in [0.15, 0.2) is 6.29 Å². The van der Waals surface area contributed by atoms with Crippen molar-refractivity contribution in [1.29, 1.82) is 0 Å². The molecule has 0 aliphatic carbocycles. The summed E-state index contributed by atoms with van der Waals surface area (Å²) >= 11 is 0. The van der Waals surface area contributed by atoms with Crippen molar-refractivity contribution >= 4 is 12.4 Å². The molecule has 0 radical (unpaired) electrons. The molecular weight excluding hydrogens is 168 g/mol. The van der Waals surface area contributed by atoms with Gasteiger partial charge in [0.05, 0.1) is 0 Å². The lowest BCUT2D eigenvalue weighted by Gasteiger charge is -1.95. The van der Waals surface area contributed by atoms with Crippen molar-refractivity contribution in [2.45, 2.75) is 6.10 Å². The summed E-state index contributed by atoms with van der Waals surface area (Å²) in [7, 11) is 0. The van der Waals surface area contributed by atoms with Gasteiger partial charge in [0.1, 0.15) is 11.9 Å². The quantitative estimate of drug-likeness (QED) is 0.678. The maximum absolute atomic E-state index is 10.0. The molecule has 3 heteroatoms. The first-order valence-electron chi connectivity index (χ1n) is 3.83. The number of rotatable bonds is 3. The number of aliphatic hydroxyl groups is 1. The number of hydrogen-bond acceptors (Lipinski definition) is 3. The van der Waals surface area contributed by atoms with Gasteiger partial charge < -0.3 is 15.0 Å². The van der Waals surface area contributed by atoms with E-state index in [2.05, 4.69) is 0 Å². The van der Waals surface area contributed by atoms with Crippen LogP contribution in [0.25, 0.3) is 6.08 Å². The van der Waals surface area contributed by atoms with Crippen LogP contribution in [-0.2, 0) is 4.79 Å². The van der Waals surface area contributed by atoms with Gasteiger partial charge in [0, 0.05) is 0 Å². The average molecular weight is 178 g/mol. The van der Waals surface area contributed by atoms with Gasteiger partial charge in [0.25, 0.3) is 0 Å². The highest BCUT2D eigenvalue weighted by atomic mass is 16.3. The minimum atomic E-state index is -1.06. The van der Waals surface area contributed by atoms with E-state index >= 15 is 0 Å². The maximum atomic E-state index is 10.0. The standard InChI is InChI=1S/C10H10O3/c11-7-10(13)6-3-8-1-4-9(12)5-2-8/h1-7,10,12-13H/b6-3+. The zero-order valence-electron chi connectivity index (χ0n) is 6.92. The van der Waals surface area contributed by atoms with Crippen LogP contribution in [0.4, 0.5) is 0 Å². The third-order valence-corrected chi connectivity index (χ3v) is 1.52. The van der Waals surface area contributed by atoms with Crippen molar-refractivity contribution in [1.82, 2.24) is 0 Å². The van der Waals surface area contributed by atoms with E-state index in [4.69, 9.17) is 10.2 Å². The fourth-order valence-corrected chi connectivity index (χ4v) is 0.840. The Kier molecular flexibility index (Phi) is 3.23. The summed E-state index contributed by atoms with van der Waals surface area (Å²) in [6.45, 7) is 0. The Hall–Kier alpha value is -1.61. The highest BCUT2D eigenvalue weighted by Gasteiger charge is 1.93. The van der Waals surface area contributed by atoms with Gasteiger partial charge in [-0.05, 0) is 23.8 Å². The topological polar surface area (TPSA) is 57.5 Å². The van der Waals surface area contributed by atoms with Crippen LogP contribution in [0.3, 0.4) is 0 Å². The second kappa shape index (κ2) is 4.42. The van der Waals surface area contributed by atoms with Crippen molar-refractivity contribution in [3.05, 3.63) is 35.9 Å². The van der Waals surface area contributed by atoms with E-state index in [1.807, 2.05) is 0 Å². The van der Waals surface area contributed by atoms with E-state index in [-0.39, 0.29) is 5.75 Å². The molecule has 0 fully saturated rings. The van der Waals surface area contributed by atoms with Crippen LogP contribution in [0.5, 0.6) is 5.75 Å². The van der Waals surface area contributed by atoms with Crippen molar-refractivity contribution in [2.75, 3.05) is 0 Å². The zero-order chi connectivity index (χ0) is 9.68. The molecule has 0 amide bonds. The normalized spacial score (nSPS) is 13.0. The molecule has 0 spiro atoms. The predicted octanol–water partition coefficient (Wildman–Crippen LogP) is 0.965. The molecule has 68 valence electrons. The van der Waals surface area contributed by atoms with E-state index in [1.54, 1.807) is 18.2 Å². The van der Waals surface area contributed by atoms with Crippen LogP contribution in [-0.4, -0.2) is 22.6 Å². The summed E-state index contributed by atoms with van der Waals surface area (Å²) in [6.07, 6.45) is 2.36. The van der Waals surface area contributed by atoms with Gasteiger partial charge in [0.2, 0.25) is 0 Å². The lowest BCUT2D eigenvalue weighted by atomic mass is 10.2. The summed E-state index contributed by atoms with van der Waals surface area (Å²) in [5.74, 6) is 0.188. The molecule has 0 aliphatic heterocycles. The van der Waals surface area contributed by atoms with E-state index in [0.29, 0.717) is 6.29 Å². The predicted molar refractivity (Wildman–Crippen MR) is 49.2 cm³/mol. The molecule has 1 aromatic carbocycles. The van der Waals surface area contributed by atoms with Crippen LogP contribution < -0.4 is 0 Å². The Balaban J connectivity index is 2.69. The number of phenolic OH excluding ortho intramolecular Hbond substituents is 1. The Bertz CT molecular complexity index is 300. The Morgan fingerprint density at radius 2 is 1.85 bits per heavy atom. The second-order valence-electron chi connectivity index (χ2n) is 2.58. The first-order chi connectivity index (χ1) is 6.22. The molecule has 0 aromatic heterocycles. The summed E-state index contributed by atoms with van der Waals surface area (Å²) in [6, 6.07) is 6.44. The number of hydrogen-bond donors (Lipinski definition) is 2. The van der Waals surface area contributed by atoms with Crippen molar-refractivity contribution in [3.8, 4) is 5.75 Å². The van der Waals surface area contributed by atoms with Gasteiger partial charge in [-0.15, -0.1) is 0 Å². The molecule has 0 heterocycles. The van der Waals surface area contributed by atoms with Crippen LogP contribution in [0.1, 0.15) is 5.56 Å². The molecule has 13 heavy (non-hydrogen) atoms. The summed E-state index contributed by atoms with van der Waals surface area (Å²) in [5, 5.41) is 17.8. The molecule has 1 aromatic rings. The Morgan fingerprint density at radius 3 is 2.38 bits per heavy atom. The molecule has 2 N–H and O–H groups in total. The minimum absolute atomic E-state index is 0.188. The van der Waals surface area contributed by atoms with Crippen LogP contribution in [0.2, 0.25) is 0 Å². The number of carbonyl (C=O) groups excluding carboxylic acids is 1. The smallest absolute Gasteiger partial charge is 0.152 e. The number of carbonyl (C=O) groups is 1. The molecule has 1 unspecified atom stereocenters. The van der Waals surface area contributed by atoms with Crippen LogP contribution >= 0.6 is 0 Å². The van der Waals surface area contributed by atoms with Gasteiger partial charge in [-0.1, -0.05) is 18.2 Å². The highest BCUT2D eigenvalue weighted by molar-refractivity contribution is 5.63. The van der Waals surface area contributed by atoms with Crippen LogP contribution in [0.15, 0.2) is 30.3 Å². The SMILES string of the molecule is O=CC(O)/C=C/c1ccc(O)cc1. The highest BCUT2D eigenvalue weighted by Crippen LogP contribution is 2.10. The average Bonchev–Trinajstić information content (AvgIpc) is 2.16. The first kappa shape index (κ1) is 9.48. The summed E-state index contributed by atoms with van der Waals surface area (Å²) < 4.78 is 0. The number of aldehydes is 1.